The molecule has 5 heteroatoms. The normalized spacial score (nSPS) is 9.86. The molecule has 7 heavy (non-hydrogen) atoms. The first-order valence-corrected chi connectivity index (χ1v) is 3.30. The number of hydrogen-bond acceptors (Lipinski definition) is 2. The third-order valence-electron chi connectivity index (χ3n) is 0. The molecule has 0 unspecified atom stereocenters. The van der Waals surface area contributed by atoms with Crippen LogP contribution in [-0.4, -0.2) is 31.7 Å². The molecule has 0 aromatic heterocycles. The van der Waals surface area contributed by atoms with E-state index in [9.17, 15) is 0 Å². The van der Waals surface area contributed by atoms with Gasteiger partial charge in [-0.2, -0.15) is 0 Å². The van der Waals surface area contributed by atoms with Gasteiger partial charge in [-0.15, -0.1) is 0 Å². The number of alkyl halides is 2. The molecule has 0 rings (SSSR count). The number of rotatable bonds is 0. The van der Waals surface area contributed by atoms with E-state index in [-0.39, 0.29) is 0 Å². The smallest absolute Gasteiger partial charge is 0.186 e. The minimum atomic E-state index is -1.42. The summed E-state index contributed by atoms with van der Waals surface area (Å²) in [5.41, 5.74) is 0. The Morgan fingerprint density at radius 2 is 1.43 bits per heavy atom. The fraction of sp³-hybridized carbons (Fsp3) is 1.00. The summed E-state index contributed by atoms with van der Waals surface area (Å²) >= 11 is 9.83. The lowest BCUT2D eigenvalue weighted by atomic mass is 11.6. The second-order valence-electron chi connectivity index (χ2n) is 0.842. The molecule has 0 atom stereocenters. The highest BCUT2D eigenvalue weighted by Crippen LogP contribution is 2.07. The van der Waals surface area contributed by atoms with Crippen molar-refractivity contribution in [2.45, 2.75) is 4.14 Å². The van der Waals surface area contributed by atoms with Crippen LogP contribution in [0.3, 0.4) is 0 Å². The van der Waals surface area contributed by atoms with Crippen molar-refractivity contribution in [2.24, 2.45) is 0 Å². The number of halogens is 2. The second-order valence-corrected chi connectivity index (χ2v) is 5.22. The summed E-state index contributed by atoms with van der Waals surface area (Å²) in [6.45, 7) is 0. The van der Waals surface area contributed by atoms with Crippen LogP contribution in [0.2, 0.25) is 0 Å². The molecule has 0 aromatic carbocycles. The molecule has 0 spiro atoms. The van der Waals surface area contributed by atoms with Crippen molar-refractivity contribution in [3.63, 3.8) is 0 Å². The summed E-state index contributed by atoms with van der Waals surface area (Å²) in [7, 11) is 1.39. The lowest BCUT2D eigenvalue weighted by Gasteiger charge is -1.97. The van der Waals surface area contributed by atoms with Crippen LogP contribution in [0.1, 0.15) is 0 Å². The Bertz CT molecular complexity index is 29.2. The average Bonchev–Trinajstić information content (AvgIpc) is 1.36. The Hall–Kier alpha value is 0.717. The van der Waals surface area contributed by atoms with Crippen LogP contribution in [0.4, 0.5) is 0 Å². The molecule has 0 aliphatic rings. The molecule has 2 N–H and O–H groups in total. The number of aliphatic hydroxyl groups is 2. The van der Waals surface area contributed by atoms with Gasteiger partial charge in [-0.25, -0.2) is 0 Å². The van der Waals surface area contributed by atoms with E-state index in [4.69, 9.17) is 33.4 Å². The molecule has 0 fully saturated rings. The van der Waals surface area contributed by atoms with Crippen molar-refractivity contribution in [1.29, 1.82) is 0 Å². The van der Waals surface area contributed by atoms with Crippen molar-refractivity contribution in [1.82, 2.24) is 0 Å². The second kappa shape index (κ2) is 4.87. The van der Waals surface area contributed by atoms with Crippen LogP contribution in [0.5, 0.6) is 0 Å². The molecule has 0 heterocycles. The van der Waals surface area contributed by atoms with Crippen LogP contribution in [-0.2, 0) is 0 Å². The zero-order valence-electron chi connectivity index (χ0n) is 4.15. The van der Waals surface area contributed by atoms with E-state index in [1.54, 1.807) is 0 Å². The summed E-state index contributed by atoms with van der Waals surface area (Å²) in [4.78, 5) is 0. The van der Waals surface area contributed by atoms with Gasteiger partial charge in [-0.05, 0) is 0 Å². The van der Waals surface area contributed by atoms with Gasteiger partial charge in [0.1, 0.15) is 0 Å². The standard InChI is InChI=1S/CH4Cl2OSi.CH4O/c2-1(3,4)5;1-2/h4H,5H3;2H,1H3. The highest BCUT2D eigenvalue weighted by atomic mass is 35.5. The molecule has 46 valence electrons. The van der Waals surface area contributed by atoms with E-state index in [0.717, 1.165) is 7.11 Å². The van der Waals surface area contributed by atoms with Gasteiger partial charge in [-0.1, -0.05) is 23.2 Å². The highest BCUT2D eigenvalue weighted by molar-refractivity contribution is 6.63. The van der Waals surface area contributed by atoms with Crippen molar-refractivity contribution in [3.8, 4) is 0 Å². The summed E-state index contributed by atoms with van der Waals surface area (Å²) in [5.74, 6) is 0. The van der Waals surface area contributed by atoms with Crippen molar-refractivity contribution >= 4 is 33.4 Å². The van der Waals surface area contributed by atoms with Gasteiger partial charge in [0.2, 0.25) is 0 Å². The summed E-state index contributed by atoms with van der Waals surface area (Å²) in [5, 5.41) is 15.1. The molecular weight excluding hydrogens is 155 g/mol. The Morgan fingerprint density at radius 1 is 1.43 bits per heavy atom. The minimum Gasteiger partial charge on any atom is -0.400 e. The van der Waals surface area contributed by atoms with E-state index in [1.165, 1.54) is 0 Å². The third-order valence-corrected chi connectivity index (χ3v) is 0. The zero-order chi connectivity index (χ0) is 6.50. The summed E-state index contributed by atoms with van der Waals surface area (Å²) in [6, 6.07) is 0. The van der Waals surface area contributed by atoms with Crippen LogP contribution in [0.15, 0.2) is 0 Å². The highest BCUT2D eigenvalue weighted by Gasteiger charge is 2.05. The molecule has 0 amide bonds. The van der Waals surface area contributed by atoms with E-state index < -0.39 is 4.14 Å². The Balaban J connectivity index is 0. The van der Waals surface area contributed by atoms with Crippen molar-refractivity contribution < 1.29 is 10.2 Å². The quantitative estimate of drug-likeness (QED) is 0.356. The maximum absolute atomic E-state index is 8.11. The van der Waals surface area contributed by atoms with Crippen LogP contribution in [0, 0.1) is 0 Å². The maximum atomic E-state index is 8.11. The molecule has 0 radical (unpaired) electrons. The lowest BCUT2D eigenvalue weighted by molar-refractivity contribution is 0.296. The Kier molecular flexibility index (Phi) is 7.40. The van der Waals surface area contributed by atoms with E-state index >= 15 is 0 Å². The fourth-order valence-corrected chi connectivity index (χ4v) is 0. The molecule has 2 nitrogen and oxygen atoms in total. The van der Waals surface area contributed by atoms with Crippen LogP contribution in [0.25, 0.3) is 0 Å². The van der Waals surface area contributed by atoms with Crippen LogP contribution >= 0.6 is 23.2 Å². The molecular formula is C2H8Cl2O2Si. The topological polar surface area (TPSA) is 40.5 Å². The van der Waals surface area contributed by atoms with Gasteiger partial charge >= 0.3 is 0 Å². The fourth-order valence-electron chi connectivity index (χ4n) is 0. The number of hydrogen-bond donors (Lipinski definition) is 2. The van der Waals surface area contributed by atoms with Gasteiger partial charge in [0, 0.05) is 7.11 Å². The lowest BCUT2D eigenvalue weighted by Crippen LogP contribution is -2.08. The molecule has 0 aliphatic heterocycles. The molecule has 0 saturated carbocycles. The molecule has 0 bridgehead atoms. The van der Waals surface area contributed by atoms with E-state index in [2.05, 4.69) is 0 Å². The van der Waals surface area contributed by atoms with Crippen LogP contribution < -0.4 is 0 Å². The van der Waals surface area contributed by atoms with Gasteiger partial charge < -0.3 is 10.2 Å². The molecule has 0 saturated heterocycles. The zero-order valence-corrected chi connectivity index (χ0v) is 7.66. The predicted octanol–water partition coefficient (Wildman–Crippen LogP) is -0.959. The first-order valence-electron chi connectivity index (χ1n) is 1.55. The summed E-state index contributed by atoms with van der Waals surface area (Å²) < 4.78 is -1.42. The van der Waals surface area contributed by atoms with E-state index in [1.807, 2.05) is 0 Å². The Labute approximate surface area is 55.5 Å². The van der Waals surface area contributed by atoms with Gasteiger partial charge in [0.25, 0.3) is 0 Å². The van der Waals surface area contributed by atoms with Gasteiger partial charge in [0.05, 0.1) is 10.2 Å². The SMILES string of the molecule is CO.OC([SiH3])(Cl)Cl. The largest absolute Gasteiger partial charge is 0.400 e. The van der Waals surface area contributed by atoms with Gasteiger partial charge in [0.15, 0.2) is 4.14 Å². The van der Waals surface area contributed by atoms with Gasteiger partial charge in [-0.3, -0.25) is 0 Å². The van der Waals surface area contributed by atoms with Crippen molar-refractivity contribution in [2.75, 3.05) is 7.11 Å². The summed E-state index contributed by atoms with van der Waals surface area (Å²) in [6.07, 6.45) is 0. The maximum Gasteiger partial charge on any atom is 0.186 e. The monoisotopic (exact) mass is 162 g/mol. The predicted molar refractivity (Wildman–Crippen MR) is 34.7 cm³/mol. The first-order chi connectivity index (χ1) is 3.00. The molecule has 0 aromatic rings. The third kappa shape index (κ3) is 291. The minimum absolute atomic E-state index is 0.394. The Morgan fingerprint density at radius 3 is 1.43 bits per heavy atom. The molecule has 0 aliphatic carbocycles. The van der Waals surface area contributed by atoms with Crippen molar-refractivity contribution in [3.05, 3.63) is 0 Å². The van der Waals surface area contributed by atoms with E-state index in [0.29, 0.717) is 10.2 Å². The number of aliphatic hydroxyl groups excluding tert-OH is 1. The average molecular weight is 163 g/mol. The first kappa shape index (κ1) is 10.7.